The van der Waals surface area contributed by atoms with Gasteiger partial charge in [-0.25, -0.2) is 4.98 Å². The van der Waals surface area contributed by atoms with Crippen LogP contribution in [-0.4, -0.2) is 22.7 Å². The molecule has 0 saturated heterocycles. The first-order valence-electron chi connectivity index (χ1n) is 10.5. The van der Waals surface area contributed by atoms with Gasteiger partial charge in [-0.05, 0) is 53.8 Å². The first-order chi connectivity index (χ1) is 15.0. The first-order valence-corrected chi connectivity index (χ1v) is 10.5. The second kappa shape index (κ2) is 7.55. The highest BCUT2D eigenvalue weighted by Gasteiger charge is 2.31. The highest BCUT2D eigenvalue weighted by molar-refractivity contribution is 5.87. The Morgan fingerprint density at radius 1 is 1.03 bits per heavy atom. The number of phenols is 1. The number of phenolic OH excluding ortho intramolecular Hbond substituents is 1. The van der Waals surface area contributed by atoms with Gasteiger partial charge in [0.15, 0.2) is 0 Å². The molecule has 154 valence electrons. The van der Waals surface area contributed by atoms with Gasteiger partial charge < -0.3 is 9.84 Å². The van der Waals surface area contributed by atoms with Crippen LogP contribution in [0.5, 0.6) is 5.75 Å². The van der Waals surface area contributed by atoms with E-state index in [1.54, 1.807) is 6.07 Å². The first kappa shape index (κ1) is 19.3. The van der Waals surface area contributed by atoms with Gasteiger partial charge in [-0.2, -0.15) is 0 Å². The summed E-state index contributed by atoms with van der Waals surface area (Å²) in [5.41, 5.74) is 8.01. The second-order valence-electron chi connectivity index (χ2n) is 8.11. The van der Waals surface area contributed by atoms with Crippen LogP contribution < -0.4 is 0 Å². The van der Waals surface area contributed by atoms with Crippen molar-refractivity contribution < 1.29 is 14.6 Å². The Kier molecular flexibility index (Phi) is 4.70. The summed E-state index contributed by atoms with van der Waals surface area (Å²) in [7, 11) is 0. The van der Waals surface area contributed by atoms with Crippen molar-refractivity contribution in [3.8, 4) is 28.1 Å². The third kappa shape index (κ3) is 3.34. The molecule has 0 bridgehead atoms. The molecule has 5 rings (SSSR count). The number of hydrogen-bond acceptors (Lipinski definition) is 4. The van der Waals surface area contributed by atoms with Crippen LogP contribution in [0.1, 0.15) is 29.5 Å². The molecule has 31 heavy (non-hydrogen) atoms. The molecule has 1 atom stereocenters. The standard InChI is InChI=1S/C27H23NO3/c1-16-10-13-25(30)27-21-8-5-7-20(22(21)14-19(26(16)27)15-31-17(2)29)24-12-11-18-6-3-4-9-23(18)28-24/h3-13,19,30H,14-15H2,1-2H3. The van der Waals surface area contributed by atoms with Crippen molar-refractivity contribution in [1.82, 2.24) is 4.98 Å². The van der Waals surface area contributed by atoms with Crippen molar-refractivity contribution in [1.29, 1.82) is 0 Å². The number of pyridine rings is 1. The Hall–Kier alpha value is -3.66. The molecule has 0 radical (unpaired) electrons. The number of carbonyl (C=O) groups excluding carboxylic acids is 1. The van der Waals surface area contributed by atoms with Gasteiger partial charge >= 0.3 is 5.97 Å². The van der Waals surface area contributed by atoms with Gasteiger partial charge in [0.05, 0.1) is 17.8 Å². The summed E-state index contributed by atoms with van der Waals surface area (Å²) >= 11 is 0. The molecule has 1 aliphatic rings. The van der Waals surface area contributed by atoms with E-state index >= 15 is 0 Å². The molecule has 0 spiro atoms. The third-order valence-corrected chi connectivity index (χ3v) is 6.11. The number of nitrogens with zero attached hydrogens (tertiary/aromatic N) is 1. The second-order valence-corrected chi connectivity index (χ2v) is 8.11. The number of rotatable bonds is 3. The van der Waals surface area contributed by atoms with E-state index in [-0.39, 0.29) is 24.2 Å². The van der Waals surface area contributed by atoms with E-state index in [9.17, 15) is 9.90 Å². The SMILES string of the molecule is CC(=O)OCC1Cc2c(-c3ccc4ccccc4n3)cccc2-c2c(O)ccc(C)c21. The van der Waals surface area contributed by atoms with Crippen LogP contribution in [0.25, 0.3) is 33.3 Å². The topological polar surface area (TPSA) is 59.4 Å². The Morgan fingerprint density at radius 3 is 2.68 bits per heavy atom. The maximum Gasteiger partial charge on any atom is 0.302 e. The lowest BCUT2D eigenvalue weighted by Gasteiger charge is -2.31. The lowest BCUT2D eigenvalue weighted by atomic mass is 9.75. The highest BCUT2D eigenvalue weighted by atomic mass is 16.5. The Balaban J connectivity index is 1.71. The van der Waals surface area contributed by atoms with Crippen LogP contribution in [0.3, 0.4) is 0 Å². The van der Waals surface area contributed by atoms with Crippen LogP contribution in [0.15, 0.2) is 66.7 Å². The smallest absolute Gasteiger partial charge is 0.302 e. The monoisotopic (exact) mass is 409 g/mol. The van der Waals surface area contributed by atoms with E-state index < -0.39 is 0 Å². The van der Waals surface area contributed by atoms with Crippen molar-refractivity contribution in [2.24, 2.45) is 0 Å². The van der Waals surface area contributed by atoms with Gasteiger partial charge in [-0.3, -0.25) is 4.79 Å². The molecule has 1 unspecified atom stereocenters. The molecule has 3 aromatic carbocycles. The molecular weight excluding hydrogens is 386 g/mol. The molecule has 0 aliphatic heterocycles. The van der Waals surface area contributed by atoms with Crippen LogP contribution in [-0.2, 0) is 16.0 Å². The maximum absolute atomic E-state index is 11.5. The predicted octanol–water partition coefficient (Wildman–Crippen LogP) is 5.79. The zero-order valence-corrected chi connectivity index (χ0v) is 17.6. The molecule has 4 nitrogen and oxygen atoms in total. The van der Waals surface area contributed by atoms with Crippen LogP contribution >= 0.6 is 0 Å². The van der Waals surface area contributed by atoms with Gasteiger partial charge in [-0.15, -0.1) is 0 Å². The van der Waals surface area contributed by atoms with Gasteiger partial charge in [-0.1, -0.05) is 48.5 Å². The lowest BCUT2D eigenvalue weighted by molar-refractivity contribution is -0.141. The maximum atomic E-state index is 11.5. The lowest BCUT2D eigenvalue weighted by Crippen LogP contribution is -2.20. The molecule has 1 heterocycles. The number of aryl methyl sites for hydroxylation is 1. The largest absolute Gasteiger partial charge is 0.507 e. The fraction of sp³-hybridized carbons (Fsp3) is 0.185. The molecular formula is C27H23NO3. The van der Waals surface area contributed by atoms with Gasteiger partial charge in [0.25, 0.3) is 0 Å². The van der Waals surface area contributed by atoms with E-state index in [0.29, 0.717) is 6.42 Å². The van der Waals surface area contributed by atoms with Crippen molar-refractivity contribution >= 4 is 16.9 Å². The molecule has 1 aliphatic carbocycles. The molecule has 1 N–H and O–H groups in total. The van der Waals surface area contributed by atoms with Crippen LogP contribution in [0, 0.1) is 6.92 Å². The number of para-hydroxylation sites is 1. The van der Waals surface area contributed by atoms with Gasteiger partial charge in [0.2, 0.25) is 0 Å². The quantitative estimate of drug-likeness (QED) is 0.435. The van der Waals surface area contributed by atoms with E-state index in [1.165, 1.54) is 6.92 Å². The van der Waals surface area contributed by atoms with E-state index in [2.05, 4.69) is 24.3 Å². The fourth-order valence-corrected chi connectivity index (χ4v) is 4.73. The van der Waals surface area contributed by atoms with Crippen molar-refractivity contribution in [2.75, 3.05) is 6.61 Å². The molecule has 1 aromatic heterocycles. The zero-order chi connectivity index (χ0) is 21.5. The fourth-order valence-electron chi connectivity index (χ4n) is 4.73. The third-order valence-electron chi connectivity index (χ3n) is 6.11. The van der Waals surface area contributed by atoms with Crippen LogP contribution in [0.4, 0.5) is 0 Å². The Labute approximate surface area is 181 Å². The number of esters is 1. The van der Waals surface area contributed by atoms with Gasteiger partial charge in [0, 0.05) is 29.4 Å². The highest BCUT2D eigenvalue weighted by Crippen LogP contribution is 2.48. The summed E-state index contributed by atoms with van der Waals surface area (Å²) < 4.78 is 5.42. The summed E-state index contributed by atoms with van der Waals surface area (Å²) in [5.74, 6) is -0.0762. The number of aromatic hydroxyl groups is 1. The molecule has 0 fully saturated rings. The van der Waals surface area contributed by atoms with E-state index in [1.807, 2.05) is 43.3 Å². The summed E-state index contributed by atoms with van der Waals surface area (Å²) in [5, 5.41) is 11.9. The van der Waals surface area contributed by atoms with Gasteiger partial charge in [0.1, 0.15) is 5.75 Å². The molecule has 4 aromatic rings. The summed E-state index contributed by atoms with van der Waals surface area (Å²) in [6.45, 7) is 3.75. The average molecular weight is 409 g/mol. The minimum atomic E-state index is -0.297. The molecule has 0 saturated carbocycles. The van der Waals surface area contributed by atoms with Crippen LogP contribution in [0.2, 0.25) is 0 Å². The minimum Gasteiger partial charge on any atom is -0.507 e. The van der Waals surface area contributed by atoms with E-state index in [4.69, 9.17) is 9.72 Å². The summed E-state index contributed by atoms with van der Waals surface area (Å²) in [6.07, 6.45) is 0.713. The summed E-state index contributed by atoms with van der Waals surface area (Å²) in [6, 6.07) is 22.0. The minimum absolute atomic E-state index is 0.0277. The average Bonchev–Trinajstić information content (AvgIpc) is 2.78. The van der Waals surface area contributed by atoms with E-state index in [0.717, 1.165) is 50.0 Å². The number of hydrogen-bond donors (Lipinski definition) is 1. The molecule has 4 heteroatoms. The van der Waals surface area contributed by atoms with Crippen molar-refractivity contribution in [3.63, 3.8) is 0 Å². The zero-order valence-electron chi connectivity index (χ0n) is 17.6. The van der Waals surface area contributed by atoms with Crippen molar-refractivity contribution in [2.45, 2.75) is 26.2 Å². The Bertz CT molecular complexity index is 1330. The number of ether oxygens (including phenoxy) is 1. The number of benzene rings is 3. The normalized spacial score (nSPS) is 14.7. The summed E-state index contributed by atoms with van der Waals surface area (Å²) in [4.78, 5) is 16.4. The number of aromatic nitrogens is 1. The van der Waals surface area contributed by atoms with Crippen molar-refractivity contribution in [3.05, 3.63) is 83.4 Å². The predicted molar refractivity (Wildman–Crippen MR) is 122 cm³/mol. The Morgan fingerprint density at radius 2 is 1.84 bits per heavy atom. The molecule has 0 amide bonds. The number of carbonyl (C=O) groups is 1. The number of fused-ring (bicyclic) bond motifs is 4.